The standard InChI is InChI=1S/C34H66NO8P/c1-6-8-10-12-14-15-16-17-18-19-21-23-25-27-34(37)43-32(31-42-44(38,39)41-29-28-35(3,4)5)30-40-33(36)26-24-22-20-13-11-9-7-2/h15-16,32H,6-14,17-31H2,1-5H3/b16-15+/t32-/m1/s1. The molecule has 10 heteroatoms. The number of quaternary nitrogens is 1. The van der Waals surface area contributed by atoms with Gasteiger partial charge in [0.25, 0.3) is 7.82 Å². The predicted molar refractivity (Wildman–Crippen MR) is 176 cm³/mol. The van der Waals surface area contributed by atoms with Crippen LogP contribution < -0.4 is 4.89 Å². The van der Waals surface area contributed by atoms with Crippen molar-refractivity contribution in [3.8, 4) is 0 Å². The first kappa shape index (κ1) is 42.8. The Balaban J connectivity index is 4.48. The third kappa shape index (κ3) is 30.8. The third-order valence-corrected chi connectivity index (χ3v) is 8.25. The van der Waals surface area contributed by atoms with E-state index in [-0.39, 0.29) is 26.1 Å². The molecule has 0 heterocycles. The maximum Gasteiger partial charge on any atom is 0.306 e. The molecule has 0 fully saturated rings. The molecule has 0 rings (SSSR count). The average Bonchev–Trinajstić information content (AvgIpc) is 2.95. The van der Waals surface area contributed by atoms with Crippen LogP contribution in [0.1, 0.15) is 142 Å². The largest absolute Gasteiger partial charge is 0.756 e. The molecular weight excluding hydrogens is 581 g/mol. The summed E-state index contributed by atoms with van der Waals surface area (Å²) in [6.07, 6.45) is 24.0. The summed E-state index contributed by atoms with van der Waals surface area (Å²) in [4.78, 5) is 37.0. The van der Waals surface area contributed by atoms with Crippen LogP contribution in [0.5, 0.6) is 0 Å². The molecule has 0 bridgehead atoms. The molecule has 9 nitrogen and oxygen atoms in total. The Morgan fingerprint density at radius 1 is 0.682 bits per heavy atom. The van der Waals surface area contributed by atoms with Crippen LogP contribution in [0, 0.1) is 0 Å². The minimum absolute atomic E-state index is 0.0303. The molecule has 0 aliphatic heterocycles. The number of carbonyl (C=O) groups excluding carboxylic acids is 2. The molecule has 0 aromatic rings. The molecule has 0 saturated heterocycles. The molecule has 0 N–H and O–H groups in total. The second kappa shape index (κ2) is 28.0. The fourth-order valence-corrected chi connectivity index (χ4v) is 5.20. The van der Waals surface area contributed by atoms with Gasteiger partial charge in [-0.15, -0.1) is 0 Å². The van der Waals surface area contributed by atoms with Crippen molar-refractivity contribution in [3.05, 3.63) is 12.2 Å². The molecule has 0 aliphatic carbocycles. The summed E-state index contributed by atoms with van der Waals surface area (Å²) in [6.45, 7) is 4.13. The Bertz CT molecular complexity index is 784. The van der Waals surface area contributed by atoms with E-state index in [4.69, 9.17) is 18.5 Å². The van der Waals surface area contributed by atoms with Crippen LogP contribution in [0.4, 0.5) is 0 Å². The van der Waals surface area contributed by atoms with Crippen LogP contribution in [0.2, 0.25) is 0 Å². The number of hydrogen-bond donors (Lipinski definition) is 0. The van der Waals surface area contributed by atoms with Gasteiger partial charge in [0.05, 0.1) is 27.7 Å². The lowest BCUT2D eigenvalue weighted by Gasteiger charge is -2.28. The average molecular weight is 648 g/mol. The summed E-state index contributed by atoms with van der Waals surface area (Å²) < 4.78 is 33.5. The Labute approximate surface area is 269 Å². The van der Waals surface area contributed by atoms with Crippen LogP contribution >= 0.6 is 7.82 Å². The van der Waals surface area contributed by atoms with Gasteiger partial charge in [-0.3, -0.25) is 14.2 Å². The van der Waals surface area contributed by atoms with Gasteiger partial charge < -0.3 is 27.9 Å². The van der Waals surface area contributed by atoms with E-state index in [2.05, 4.69) is 26.0 Å². The van der Waals surface area contributed by atoms with Gasteiger partial charge in [0, 0.05) is 12.8 Å². The zero-order valence-electron chi connectivity index (χ0n) is 28.9. The van der Waals surface area contributed by atoms with E-state index >= 15 is 0 Å². The number of phosphoric acid groups is 1. The van der Waals surface area contributed by atoms with Crippen molar-refractivity contribution in [1.29, 1.82) is 0 Å². The Hall–Kier alpha value is -1.25. The van der Waals surface area contributed by atoms with Gasteiger partial charge in [0.2, 0.25) is 0 Å². The minimum Gasteiger partial charge on any atom is -0.756 e. The normalized spacial score (nSPS) is 14.0. The third-order valence-electron chi connectivity index (χ3n) is 7.29. The van der Waals surface area contributed by atoms with Crippen molar-refractivity contribution in [3.63, 3.8) is 0 Å². The predicted octanol–water partition coefficient (Wildman–Crippen LogP) is 8.05. The number of hydrogen-bond acceptors (Lipinski definition) is 8. The summed E-state index contributed by atoms with van der Waals surface area (Å²) in [7, 11) is 1.16. The van der Waals surface area contributed by atoms with Crippen LogP contribution in [-0.2, 0) is 32.7 Å². The zero-order chi connectivity index (χ0) is 32.9. The van der Waals surface area contributed by atoms with Gasteiger partial charge in [-0.05, 0) is 38.5 Å². The van der Waals surface area contributed by atoms with Crippen LogP contribution in [0.25, 0.3) is 0 Å². The van der Waals surface area contributed by atoms with E-state index in [0.717, 1.165) is 51.4 Å². The number of carbonyl (C=O) groups is 2. The lowest BCUT2D eigenvalue weighted by Crippen LogP contribution is -2.37. The maximum atomic E-state index is 12.5. The maximum absolute atomic E-state index is 12.5. The van der Waals surface area contributed by atoms with Crippen molar-refractivity contribution < 1.29 is 42.1 Å². The number of allylic oxidation sites excluding steroid dienone is 2. The molecule has 0 aromatic heterocycles. The molecule has 1 unspecified atom stereocenters. The summed E-state index contributed by atoms with van der Waals surface area (Å²) in [5.41, 5.74) is 0. The fourth-order valence-electron chi connectivity index (χ4n) is 4.47. The van der Waals surface area contributed by atoms with Crippen LogP contribution in [0.3, 0.4) is 0 Å². The molecule has 0 radical (unpaired) electrons. The molecular formula is C34H66NO8P. The van der Waals surface area contributed by atoms with Gasteiger partial charge in [0.1, 0.15) is 19.8 Å². The lowest BCUT2D eigenvalue weighted by atomic mass is 10.1. The van der Waals surface area contributed by atoms with Gasteiger partial charge in [0.15, 0.2) is 6.10 Å². The van der Waals surface area contributed by atoms with Crippen molar-refractivity contribution in [2.24, 2.45) is 0 Å². The number of ether oxygens (including phenoxy) is 2. The monoisotopic (exact) mass is 647 g/mol. The number of rotatable bonds is 31. The number of phosphoric ester groups is 1. The summed E-state index contributed by atoms with van der Waals surface area (Å²) >= 11 is 0. The van der Waals surface area contributed by atoms with Gasteiger partial charge in [-0.2, -0.15) is 0 Å². The second-order valence-corrected chi connectivity index (χ2v) is 14.3. The van der Waals surface area contributed by atoms with Crippen molar-refractivity contribution in [2.75, 3.05) is 47.5 Å². The zero-order valence-corrected chi connectivity index (χ0v) is 29.8. The quantitative estimate of drug-likeness (QED) is 0.0244. The number of esters is 2. The molecule has 0 amide bonds. The molecule has 2 atom stereocenters. The van der Waals surface area contributed by atoms with Crippen molar-refractivity contribution in [2.45, 2.75) is 148 Å². The number of unbranched alkanes of at least 4 members (excludes halogenated alkanes) is 15. The molecule has 0 aliphatic rings. The first-order valence-corrected chi connectivity index (χ1v) is 18.9. The van der Waals surface area contributed by atoms with Crippen LogP contribution in [-0.4, -0.2) is 70.0 Å². The van der Waals surface area contributed by atoms with Gasteiger partial charge in [-0.1, -0.05) is 103 Å². The highest BCUT2D eigenvalue weighted by Gasteiger charge is 2.21. The van der Waals surface area contributed by atoms with E-state index in [0.29, 0.717) is 17.4 Å². The summed E-state index contributed by atoms with van der Waals surface area (Å²) in [5.74, 6) is -0.852. The van der Waals surface area contributed by atoms with E-state index < -0.39 is 32.5 Å². The smallest absolute Gasteiger partial charge is 0.306 e. The topological polar surface area (TPSA) is 111 Å². The highest BCUT2D eigenvalue weighted by Crippen LogP contribution is 2.38. The van der Waals surface area contributed by atoms with Crippen molar-refractivity contribution >= 4 is 19.8 Å². The minimum atomic E-state index is -4.60. The van der Waals surface area contributed by atoms with Crippen molar-refractivity contribution in [1.82, 2.24) is 0 Å². The Kier molecular flexibility index (Phi) is 27.2. The Morgan fingerprint density at radius 3 is 1.70 bits per heavy atom. The molecule has 0 aromatic carbocycles. The molecule has 44 heavy (non-hydrogen) atoms. The van der Waals surface area contributed by atoms with E-state index in [1.165, 1.54) is 57.8 Å². The first-order valence-electron chi connectivity index (χ1n) is 17.4. The number of nitrogens with zero attached hydrogens (tertiary/aromatic N) is 1. The summed E-state index contributed by atoms with van der Waals surface area (Å²) in [5, 5.41) is 0. The molecule has 0 saturated carbocycles. The second-order valence-electron chi connectivity index (χ2n) is 12.9. The lowest BCUT2D eigenvalue weighted by molar-refractivity contribution is -0.870. The fraction of sp³-hybridized carbons (Fsp3) is 0.882. The van der Waals surface area contributed by atoms with Crippen LogP contribution in [0.15, 0.2) is 12.2 Å². The van der Waals surface area contributed by atoms with E-state index in [9.17, 15) is 19.0 Å². The highest BCUT2D eigenvalue weighted by molar-refractivity contribution is 7.45. The van der Waals surface area contributed by atoms with Gasteiger partial charge in [-0.25, -0.2) is 0 Å². The van der Waals surface area contributed by atoms with E-state index in [1.54, 1.807) is 0 Å². The first-order chi connectivity index (χ1) is 21.0. The molecule has 260 valence electrons. The molecule has 0 spiro atoms. The summed E-state index contributed by atoms with van der Waals surface area (Å²) in [6, 6.07) is 0. The highest BCUT2D eigenvalue weighted by atomic mass is 31.2. The SMILES string of the molecule is CCCCCC/C=C/CCCCCCCC(=O)O[C@H](COC(=O)CCCCCCCCC)COP(=O)([O-])OCC[N+](C)(C)C. The van der Waals surface area contributed by atoms with Gasteiger partial charge >= 0.3 is 11.9 Å². The Morgan fingerprint density at radius 2 is 1.16 bits per heavy atom. The number of likely N-dealkylation sites (N-methyl/N-ethyl adjacent to an activating group) is 1. The van der Waals surface area contributed by atoms with E-state index in [1.807, 2.05) is 21.1 Å².